The average Bonchev–Trinajstić information content (AvgIpc) is 3.03. The molecular weight excluding hydrogens is 298 g/mol. The lowest BCUT2D eigenvalue weighted by Gasteiger charge is -2.31. The highest BCUT2D eigenvalue weighted by Crippen LogP contribution is 2.35. The molecule has 0 aliphatic carbocycles. The van der Waals surface area contributed by atoms with Gasteiger partial charge in [-0.1, -0.05) is 0 Å². The van der Waals surface area contributed by atoms with Gasteiger partial charge in [-0.2, -0.15) is 0 Å². The van der Waals surface area contributed by atoms with Crippen LogP contribution in [0.5, 0.6) is 0 Å². The number of fused-ring (bicyclic) bond motifs is 1. The average molecular weight is 321 g/mol. The summed E-state index contributed by atoms with van der Waals surface area (Å²) in [7, 11) is 0. The molecule has 5 nitrogen and oxygen atoms in total. The highest BCUT2D eigenvalue weighted by molar-refractivity contribution is 7.09. The molecule has 3 fully saturated rings. The molecule has 0 aromatic carbocycles. The Morgan fingerprint density at radius 3 is 2.95 bits per heavy atom. The van der Waals surface area contributed by atoms with Crippen molar-refractivity contribution in [3.8, 4) is 0 Å². The van der Waals surface area contributed by atoms with Gasteiger partial charge in [0.25, 0.3) is 0 Å². The van der Waals surface area contributed by atoms with Crippen molar-refractivity contribution >= 4 is 17.2 Å². The van der Waals surface area contributed by atoms with E-state index in [1.807, 2.05) is 10.4 Å². The third-order valence-corrected chi connectivity index (χ3v) is 6.13. The van der Waals surface area contributed by atoms with Gasteiger partial charge in [-0.25, -0.2) is 4.98 Å². The molecule has 1 amide bonds. The maximum Gasteiger partial charge on any atom is 0.225 e. The van der Waals surface area contributed by atoms with E-state index in [9.17, 15) is 4.79 Å². The zero-order valence-electron chi connectivity index (χ0n) is 13.0. The molecule has 0 N–H and O–H groups in total. The van der Waals surface area contributed by atoms with E-state index in [-0.39, 0.29) is 12.0 Å². The molecule has 0 radical (unpaired) electrons. The molecule has 0 spiro atoms. The minimum Gasteiger partial charge on any atom is -0.373 e. The Morgan fingerprint density at radius 2 is 2.32 bits per heavy atom. The van der Waals surface area contributed by atoms with Crippen LogP contribution in [0.4, 0.5) is 0 Å². The third-order valence-electron chi connectivity index (χ3n) is 5.21. The molecule has 4 rings (SSSR count). The summed E-state index contributed by atoms with van der Waals surface area (Å²) < 4.78 is 6.15. The number of carbonyl (C=O) groups is 1. The second-order valence-corrected chi connectivity index (χ2v) is 7.73. The summed E-state index contributed by atoms with van der Waals surface area (Å²) in [5, 5.41) is 0. The van der Waals surface area contributed by atoms with E-state index >= 15 is 0 Å². The third kappa shape index (κ3) is 2.79. The smallest absolute Gasteiger partial charge is 0.225 e. The predicted octanol–water partition coefficient (Wildman–Crippen LogP) is 1.66. The van der Waals surface area contributed by atoms with Gasteiger partial charge >= 0.3 is 0 Å². The molecule has 0 bridgehead atoms. The van der Waals surface area contributed by atoms with Gasteiger partial charge in [0, 0.05) is 43.5 Å². The van der Waals surface area contributed by atoms with Gasteiger partial charge in [-0.15, -0.1) is 11.3 Å². The fraction of sp³-hybridized carbons (Fsp3) is 0.750. The largest absolute Gasteiger partial charge is 0.373 e. The summed E-state index contributed by atoms with van der Waals surface area (Å²) in [5.74, 6) is 0.885. The van der Waals surface area contributed by atoms with E-state index < -0.39 is 0 Å². The van der Waals surface area contributed by atoms with Gasteiger partial charge in [0.15, 0.2) is 0 Å². The van der Waals surface area contributed by atoms with Gasteiger partial charge in [0.2, 0.25) is 5.91 Å². The first-order chi connectivity index (χ1) is 10.7. The maximum atomic E-state index is 12.0. The highest BCUT2D eigenvalue weighted by atomic mass is 32.1. The highest BCUT2D eigenvalue weighted by Gasteiger charge is 2.42. The molecule has 0 saturated carbocycles. The lowest BCUT2D eigenvalue weighted by Crippen LogP contribution is -2.43. The molecule has 1 aromatic rings. The molecule has 1 aromatic heterocycles. The van der Waals surface area contributed by atoms with Gasteiger partial charge in [-0.05, 0) is 19.8 Å². The summed E-state index contributed by atoms with van der Waals surface area (Å²) in [6.07, 6.45) is 3.26. The standard InChI is InChI=1S/C16H23N3O2S/c1-11-15(22-10-17-11)9-18-7-12-5-13(21-14(12)8-18)6-16(20)19-3-2-4-19/h10,12-14H,2-9H2,1H3/t12-,13-,14+/m1/s1. The first-order valence-corrected chi connectivity index (χ1v) is 9.11. The minimum atomic E-state index is 0.149. The summed E-state index contributed by atoms with van der Waals surface area (Å²) in [6.45, 7) is 7.05. The molecule has 22 heavy (non-hydrogen) atoms. The first kappa shape index (κ1) is 14.6. The fourth-order valence-corrected chi connectivity index (χ4v) is 4.60. The number of amides is 1. The Morgan fingerprint density at radius 1 is 1.45 bits per heavy atom. The Balaban J connectivity index is 1.27. The Kier molecular flexibility index (Phi) is 3.92. The topological polar surface area (TPSA) is 45.7 Å². The number of aromatic nitrogens is 1. The van der Waals surface area contributed by atoms with Gasteiger partial charge in [-0.3, -0.25) is 9.69 Å². The molecule has 0 unspecified atom stereocenters. The van der Waals surface area contributed by atoms with Crippen LogP contribution in [0.2, 0.25) is 0 Å². The van der Waals surface area contributed by atoms with Crippen molar-refractivity contribution in [1.29, 1.82) is 0 Å². The summed E-state index contributed by atoms with van der Waals surface area (Å²) >= 11 is 1.74. The Bertz CT molecular complexity index is 543. The van der Waals surface area contributed by atoms with E-state index in [1.165, 1.54) is 4.88 Å². The molecule has 3 atom stereocenters. The van der Waals surface area contributed by atoms with Crippen LogP contribution < -0.4 is 0 Å². The van der Waals surface area contributed by atoms with E-state index in [2.05, 4.69) is 16.8 Å². The van der Waals surface area contributed by atoms with Crippen molar-refractivity contribution in [2.75, 3.05) is 26.2 Å². The first-order valence-electron chi connectivity index (χ1n) is 8.23. The van der Waals surface area contributed by atoms with Crippen molar-refractivity contribution in [1.82, 2.24) is 14.8 Å². The molecule has 3 aliphatic heterocycles. The lowest BCUT2D eigenvalue weighted by atomic mass is 10.0. The number of hydrogen-bond acceptors (Lipinski definition) is 5. The van der Waals surface area contributed by atoms with Gasteiger partial charge in [0.05, 0.1) is 29.8 Å². The zero-order valence-corrected chi connectivity index (χ0v) is 13.8. The quantitative estimate of drug-likeness (QED) is 0.846. The summed E-state index contributed by atoms with van der Waals surface area (Å²) in [4.78, 5) is 22.2. The SMILES string of the molecule is Cc1ncsc1CN1C[C@H]2C[C@H](CC(=O)N3CCC3)O[C@H]2C1. The van der Waals surface area contributed by atoms with Crippen LogP contribution in [0.1, 0.15) is 29.8 Å². The van der Waals surface area contributed by atoms with E-state index in [1.54, 1.807) is 11.3 Å². The number of nitrogens with zero attached hydrogens (tertiary/aromatic N) is 3. The van der Waals surface area contributed by atoms with E-state index in [0.29, 0.717) is 18.4 Å². The van der Waals surface area contributed by atoms with Gasteiger partial charge < -0.3 is 9.64 Å². The van der Waals surface area contributed by atoms with E-state index in [0.717, 1.165) is 51.3 Å². The summed E-state index contributed by atoms with van der Waals surface area (Å²) in [5.41, 5.74) is 3.08. The predicted molar refractivity (Wildman–Crippen MR) is 84.7 cm³/mol. The molecule has 3 aliphatic rings. The number of thiazole rings is 1. The lowest BCUT2D eigenvalue weighted by molar-refractivity contribution is -0.137. The Labute approximate surface area is 135 Å². The monoisotopic (exact) mass is 321 g/mol. The van der Waals surface area contributed by atoms with Crippen molar-refractivity contribution in [3.05, 3.63) is 16.1 Å². The minimum absolute atomic E-state index is 0.149. The van der Waals surface area contributed by atoms with Crippen molar-refractivity contribution in [3.63, 3.8) is 0 Å². The Hall–Kier alpha value is -0.980. The fourth-order valence-electron chi connectivity index (χ4n) is 3.78. The van der Waals surface area contributed by atoms with Crippen molar-refractivity contribution in [2.24, 2.45) is 5.92 Å². The number of likely N-dealkylation sites (tertiary alicyclic amines) is 2. The van der Waals surface area contributed by atoms with Crippen LogP contribution in [0.25, 0.3) is 0 Å². The second-order valence-electron chi connectivity index (χ2n) is 6.79. The van der Waals surface area contributed by atoms with Crippen LogP contribution in [-0.2, 0) is 16.1 Å². The zero-order chi connectivity index (χ0) is 15.1. The van der Waals surface area contributed by atoms with Crippen molar-refractivity contribution in [2.45, 2.75) is 44.9 Å². The van der Waals surface area contributed by atoms with Crippen LogP contribution in [0, 0.1) is 12.8 Å². The number of carbonyl (C=O) groups excluding carboxylic acids is 1. The van der Waals surface area contributed by atoms with Crippen molar-refractivity contribution < 1.29 is 9.53 Å². The molecule has 120 valence electrons. The van der Waals surface area contributed by atoms with Gasteiger partial charge in [0.1, 0.15) is 0 Å². The molecule has 6 heteroatoms. The number of hydrogen-bond donors (Lipinski definition) is 0. The molecule has 3 saturated heterocycles. The van der Waals surface area contributed by atoms with Crippen LogP contribution >= 0.6 is 11.3 Å². The second kappa shape index (κ2) is 5.91. The van der Waals surface area contributed by atoms with Crippen LogP contribution in [0.3, 0.4) is 0 Å². The van der Waals surface area contributed by atoms with E-state index in [4.69, 9.17) is 4.74 Å². The molecular formula is C16H23N3O2S. The summed E-state index contributed by atoms with van der Waals surface area (Å²) in [6, 6.07) is 0. The number of ether oxygens (including phenoxy) is 1. The maximum absolute atomic E-state index is 12.0. The number of rotatable bonds is 4. The van der Waals surface area contributed by atoms with Crippen LogP contribution in [0.15, 0.2) is 5.51 Å². The molecule has 4 heterocycles. The number of aryl methyl sites for hydroxylation is 1. The normalized spacial score (nSPS) is 31.3. The van der Waals surface area contributed by atoms with Crippen LogP contribution in [-0.4, -0.2) is 59.1 Å².